The SMILES string of the molecule is CNS(=O)(=O)c1ccc(N(C)CC2COc3ccccc3O2)c([N+](=O)[O-])c1. The molecular formula is C17H19N3O6S. The average Bonchev–Trinajstić information content (AvgIpc) is 2.67. The second kappa shape index (κ2) is 7.41. The molecule has 0 aliphatic carbocycles. The van der Waals surface area contributed by atoms with Gasteiger partial charge in [0, 0.05) is 13.1 Å². The minimum absolute atomic E-state index is 0.167. The lowest BCUT2D eigenvalue weighted by Gasteiger charge is -2.30. The zero-order valence-corrected chi connectivity index (χ0v) is 15.6. The number of nitrogens with one attached hydrogen (secondary N) is 1. The maximum atomic E-state index is 11.9. The molecule has 1 unspecified atom stereocenters. The summed E-state index contributed by atoms with van der Waals surface area (Å²) in [5.74, 6) is 1.27. The highest BCUT2D eigenvalue weighted by atomic mass is 32.2. The first kappa shape index (κ1) is 18.9. The summed E-state index contributed by atoms with van der Waals surface area (Å²) in [5.41, 5.74) is -0.0107. The van der Waals surface area contributed by atoms with E-state index in [1.54, 1.807) is 24.1 Å². The van der Waals surface area contributed by atoms with Crippen LogP contribution in [0.2, 0.25) is 0 Å². The Balaban J connectivity index is 1.82. The molecular weight excluding hydrogens is 374 g/mol. The molecule has 0 spiro atoms. The van der Waals surface area contributed by atoms with Crippen molar-refractivity contribution in [1.82, 2.24) is 4.72 Å². The number of benzene rings is 2. The minimum atomic E-state index is -3.77. The van der Waals surface area contributed by atoms with Crippen LogP contribution in [0, 0.1) is 10.1 Å². The molecule has 1 aliphatic heterocycles. The topological polar surface area (TPSA) is 111 Å². The molecule has 1 aliphatic rings. The molecule has 10 heteroatoms. The highest BCUT2D eigenvalue weighted by Gasteiger charge is 2.26. The molecule has 1 heterocycles. The summed E-state index contributed by atoms with van der Waals surface area (Å²) < 4.78 is 37.5. The number of nitrogens with zero attached hydrogens (tertiary/aromatic N) is 2. The molecule has 0 aromatic heterocycles. The molecule has 0 saturated carbocycles. The number of hydrogen-bond acceptors (Lipinski definition) is 7. The number of nitro benzene ring substituents is 1. The van der Waals surface area contributed by atoms with E-state index in [4.69, 9.17) is 9.47 Å². The van der Waals surface area contributed by atoms with Crippen molar-refractivity contribution < 1.29 is 22.8 Å². The van der Waals surface area contributed by atoms with Crippen molar-refractivity contribution in [3.63, 3.8) is 0 Å². The second-order valence-electron chi connectivity index (χ2n) is 5.99. The standard InChI is InChI=1S/C17H19N3O6S/c1-18-27(23,24)13-7-8-14(15(9-13)20(21)22)19(2)10-12-11-25-16-5-3-4-6-17(16)26-12/h3-9,12,18H,10-11H2,1-2H3. The van der Waals surface area contributed by atoms with E-state index in [-0.39, 0.29) is 22.4 Å². The monoisotopic (exact) mass is 393 g/mol. The molecule has 1 N–H and O–H groups in total. The molecule has 0 saturated heterocycles. The summed E-state index contributed by atoms with van der Waals surface area (Å²) >= 11 is 0. The summed E-state index contributed by atoms with van der Waals surface area (Å²) in [4.78, 5) is 12.3. The van der Waals surface area contributed by atoms with E-state index in [1.807, 2.05) is 12.1 Å². The molecule has 0 fully saturated rings. The van der Waals surface area contributed by atoms with E-state index >= 15 is 0 Å². The Labute approximate surface area is 156 Å². The van der Waals surface area contributed by atoms with Gasteiger partial charge in [0.25, 0.3) is 5.69 Å². The van der Waals surface area contributed by atoms with Crippen LogP contribution >= 0.6 is 0 Å². The second-order valence-corrected chi connectivity index (χ2v) is 7.88. The third kappa shape index (κ3) is 3.96. The third-order valence-electron chi connectivity index (χ3n) is 4.18. The van der Waals surface area contributed by atoms with Crippen LogP contribution in [0.15, 0.2) is 47.4 Å². The van der Waals surface area contributed by atoms with E-state index in [2.05, 4.69) is 4.72 Å². The quantitative estimate of drug-likeness (QED) is 0.588. The van der Waals surface area contributed by atoms with Crippen LogP contribution in [0.5, 0.6) is 11.5 Å². The number of anilines is 1. The molecule has 3 rings (SSSR count). The van der Waals surface area contributed by atoms with Gasteiger partial charge in [0.2, 0.25) is 10.0 Å². The lowest BCUT2D eigenvalue weighted by atomic mass is 10.2. The van der Waals surface area contributed by atoms with Crippen LogP contribution in [-0.4, -0.2) is 46.7 Å². The number of likely N-dealkylation sites (N-methyl/N-ethyl adjacent to an activating group) is 1. The minimum Gasteiger partial charge on any atom is -0.486 e. The summed E-state index contributed by atoms with van der Waals surface area (Å²) in [6.07, 6.45) is -0.328. The van der Waals surface area contributed by atoms with E-state index in [9.17, 15) is 18.5 Å². The van der Waals surface area contributed by atoms with Gasteiger partial charge in [-0.15, -0.1) is 0 Å². The molecule has 1 atom stereocenters. The Hall–Kier alpha value is -2.85. The van der Waals surface area contributed by atoms with Crippen molar-refractivity contribution in [2.24, 2.45) is 0 Å². The zero-order chi connectivity index (χ0) is 19.6. The van der Waals surface area contributed by atoms with E-state index in [0.717, 1.165) is 6.07 Å². The fraction of sp³-hybridized carbons (Fsp3) is 0.294. The molecule has 2 aromatic rings. The molecule has 0 radical (unpaired) electrons. The number of sulfonamides is 1. The van der Waals surface area contributed by atoms with Gasteiger partial charge in [-0.3, -0.25) is 10.1 Å². The van der Waals surface area contributed by atoms with Crippen LogP contribution in [0.4, 0.5) is 11.4 Å². The van der Waals surface area contributed by atoms with Crippen molar-refractivity contribution in [2.45, 2.75) is 11.0 Å². The lowest BCUT2D eigenvalue weighted by Crippen LogP contribution is -2.39. The van der Waals surface area contributed by atoms with E-state index in [1.165, 1.54) is 19.2 Å². The van der Waals surface area contributed by atoms with E-state index < -0.39 is 14.9 Å². The van der Waals surface area contributed by atoms with Crippen LogP contribution < -0.4 is 19.1 Å². The summed E-state index contributed by atoms with van der Waals surface area (Å²) in [5, 5.41) is 11.5. The van der Waals surface area contributed by atoms with Gasteiger partial charge in [-0.25, -0.2) is 13.1 Å². The number of hydrogen-bond donors (Lipinski definition) is 1. The third-order valence-corrected chi connectivity index (χ3v) is 5.59. The Morgan fingerprint density at radius 3 is 2.63 bits per heavy atom. The van der Waals surface area contributed by atoms with Crippen LogP contribution in [-0.2, 0) is 10.0 Å². The fourth-order valence-corrected chi connectivity index (χ4v) is 3.56. The maximum absolute atomic E-state index is 11.9. The molecule has 0 amide bonds. The predicted octanol–water partition coefficient (Wildman–Crippen LogP) is 1.78. The number of para-hydroxylation sites is 2. The van der Waals surface area contributed by atoms with Gasteiger partial charge in [-0.1, -0.05) is 12.1 Å². The van der Waals surface area contributed by atoms with Crippen LogP contribution in [0.3, 0.4) is 0 Å². The molecule has 27 heavy (non-hydrogen) atoms. The molecule has 0 bridgehead atoms. The van der Waals surface area contributed by atoms with Crippen LogP contribution in [0.25, 0.3) is 0 Å². The number of fused-ring (bicyclic) bond motifs is 1. The maximum Gasteiger partial charge on any atom is 0.293 e. The van der Waals surface area contributed by atoms with Crippen molar-refractivity contribution in [2.75, 3.05) is 32.1 Å². The van der Waals surface area contributed by atoms with Crippen LogP contribution in [0.1, 0.15) is 0 Å². The van der Waals surface area contributed by atoms with Crippen molar-refractivity contribution in [3.8, 4) is 11.5 Å². The first-order valence-electron chi connectivity index (χ1n) is 8.13. The summed E-state index contributed by atoms with van der Waals surface area (Å²) in [7, 11) is -0.846. The Morgan fingerprint density at radius 2 is 1.96 bits per heavy atom. The van der Waals surface area contributed by atoms with Gasteiger partial charge in [-0.2, -0.15) is 0 Å². The highest BCUT2D eigenvalue weighted by Crippen LogP contribution is 2.33. The normalized spacial score (nSPS) is 16.0. The number of nitro groups is 1. The van der Waals surface area contributed by atoms with E-state index in [0.29, 0.717) is 24.7 Å². The van der Waals surface area contributed by atoms with Gasteiger partial charge in [-0.05, 0) is 31.3 Å². The van der Waals surface area contributed by atoms with Crippen molar-refractivity contribution in [1.29, 1.82) is 0 Å². The summed E-state index contributed by atoms with van der Waals surface area (Å²) in [6, 6.07) is 11.1. The molecule has 2 aromatic carbocycles. The lowest BCUT2D eigenvalue weighted by molar-refractivity contribution is -0.384. The van der Waals surface area contributed by atoms with Gasteiger partial charge in [0.05, 0.1) is 16.4 Å². The van der Waals surface area contributed by atoms with Gasteiger partial charge < -0.3 is 14.4 Å². The highest BCUT2D eigenvalue weighted by molar-refractivity contribution is 7.89. The molecule has 144 valence electrons. The van der Waals surface area contributed by atoms with Gasteiger partial charge in [0.1, 0.15) is 12.3 Å². The predicted molar refractivity (Wildman–Crippen MR) is 99.0 cm³/mol. The van der Waals surface area contributed by atoms with Crippen molar-refractivity contribution >= 4 is 21.4 Å². The van der Waals surface area contributed by atoms with Gasteiger partial charge in [0.15, 0.2) is 17.6 Å². The Bertz CT molecular complexity index is 963. The average molecular weight is 393 g/mol. The summed E-state index contributed by atoms with van der Waals surface area (Å²) in [6.45, 7) is 0.634. The Morgan fingerprint density at radius 1 is 1.26 bits per heavy atom. The molecule has 9 nitrogen and oxygen atoms in total. The van der Waals surface area contributed by atoms with Gasteiger partial charge >= 0.3 is 0 Å². The number of rotatable bonds is 6. The first-order valence-corrected chi connectivity index (χ1v) is 9.62. The Kier molecular flexibility index (Phi) is 5.19. The number of ether oxygens (including phenoxy) is 2. The first-order chi connectivity index (χ1) is 12.8. The van der Waals surface area contributed by atoms with Crippen molar-refractivity contribution in [3.05, 3.63) is 52.6 Å². The largest absolute Gasteiger partial charge is 0.486 e. The fourth-order valence-electron chi connectivity index (χ4n) is 2.81. The zero-order valence-electron chi connectivity index (χ0n) is 14.8. The smallest absolute Gasteiger partial charge is 0.293 e.